The molecule has 2 heterocycles. The van der Waals surface area contributed by atoms with E-state index >= 15 is 0 Å². The first-order valence-corrected chi connectivity index (χ1v) is 7.53. The maximum absolute atomic E-state index is 12.1. The van der Waals surface area contributed by atoms with Crippen molar-refractivity contribution in [2.75, 3.05) is 13.2 Å². The minimum absolute atomic E-state index is 0.0921. The Balaban J connectivity index is 1.97. The number of hydrogen-bond acceptors (Lipinski definition) is 4. The lowest BCUT2D eigenvalue weighted by molar-refractivity contribution is 0.0857. The third kappa shape index (κ3) is 4.80. The van der Waals surface area contributed by atoms with Crippen LogP contribution in [0.2, 0.25) is 0 Å². The summed E-state index contributed by atoms with van der Waals surface area (Å²) in [5.74, 6) is -0.510. The summed E-state index contributed by atoms with van der Waals surface area (Å²) in [6.07, 6.45) is 3.57. The molecule has 1 atom stereocenters. The van der Waals surface area contributed by atoms with Gasteiger partial charge in [-0.1, -0.05) is 0 Å². The van der Waals surface area contributed by atoms with Gasteiger partial charge in [0.1, 0.15) is 5.69 Å². The number of carbonyl (C=O) groups excluding carboxylic acids is 2. The molecule has 1 unspecified atom stereocenters. The van der Waals surface area contributed by atoms with E-state index in [0.29, 0.717) is 12.1 Å². The second kappa shape index (κ2) is 6.87. The van der Waals surface area contributed by atoms with Crippen molar-refractivity contribution in [1.82, 2.24) is 15.6 Å². The van der Waals surface area contributed by atoms with Crippen molar-refractivity contribution in [3.63, 3.8) is 0 Å². The quantitative estimate of drug-likeness (QED) is 0.884. The molecule has 1 aromatic heterocycles. The molecule has 6 heteroatoms. The van der Waals surface area contributed by atoms with Crippen LogP contribution in [0.5, 0.6) is 0 Å². The van der Waals surface area contributed by atoms with Crippen molar-refractivity contribution in [3.05, 3.63) is 29.6 Å². The highest BCUT2D eigenvalue weighted by Gasteiger charge is 2.19. The lowest BCUT2D eigenvalue weighted by atomic mass is 10.1. The second-order valence-electron chi connectivity index (χ2n) is 6.48. The Hall–Kier alpha value is -1.95. The lowest BCUT2D eigenvalue weighted by Gasteiger charge is -2.20. The number of ether oxygens (including phenoxy) is 1. The van der Waals surface area contributed by atoms with E-state index in [2.05, 4.69) is 15.6 Å². The normalized spacial score (nSPS) is 18.0. The SMILES string of the molecule is CC(C)(C)NC(=O)c1cc(C(=O)NCC2CCCO2)ccn1. The summed E-state index contributed by atoms with van der Waals surface area (Å²) < 4.78 is 5.46. The average Bonchev–Trinajstić information content (AvgIpc) is 2.96. The third-order valence-corrected chi connectivity index (χ3v) is 3.26. The van der Waals surface area contributed by atoms with Crippen LogP contribution in [0.4, 0.5) is 0 Å². The van der Waals surface area contributed by atoms with Crippen LogP contribution < -0.4 is 10.6 Å². The van der Waals surface area contributed by atoms with Gasteiger partial charge in [0.05, 0.1) is 6.10 Å². The predicted octanol–water partition coefficient (Wildman–Crippen LogP) is 1.52. The zero-order valence-corrected chi connectivity index (χ0v) is 13.3. The molecular formula is C16H23N3O3. The van der Waals surface area contributed by atoms with Crippen molar-refractivity contribution in [1.29, 1.82) is 0 Å². The second-order valence-corrected chi connectivity index (χ2v) is 6.48. The monoisotopic (exact) mass is 305 g/mol. The molecule has 1 aromatic rings. The number of rotatable bonds is 4. The number of nitrogens with one attached hydrogen (secondary N) is 2. The van der Waals surface area contributed by atoms with Gasteiger partial charge >= 0.3 is 0 Å². The fourth-order valence-corrected chi connectivity index (χ4v) is 2.21. The minimum atomic E-state index is -0.350. The van der Waals surface area contributed by atoms with Crippen LogP contribution in [0.3, 0.4) is 0 Å². The largest absolute Gasteiger partial charge is 0.376 e. The highest BCUT2D eigenvalue weighted by atomic mass is 16.5. The van der Waals surface area contributed by atoms with Crippen molar-refractivity contribution in [2.24, 2.45) is 0 Å². The fraction of sp³-hybridized carbons (Fsp3) is 0.562. The summed E-state index contributed by atoms with van der Waals surface area (Å²) in [5.41, 5.74) is 0.309. The molecule has 1 saturated heterocycles. The van der Waals surface area contributed by atoms with Crippen molar-refractivity contribution >= 4 is 11.8 Å². The summed E-state index contributed by atoms with van der Waals surface area (Å²) in [6.45, 7) is 6.92. The molecule has 22 heavy (non-hydrogen) atoms. The zero-order chi connectivity index (χ0) is 16.2. The van der Waals surface area contributed by atoms with E-state index in [1.807, 2.05) is 20.8 Å². The Morgan fingerprint density at radius 3 is 2.77 bits per heavy atom. The summed E-state index contributed by atoms with van der Waals surface area (Å²) >= 11 is 0. The maximum atomic E-state index is 12.1. The van der Waals surface area contributed by atoms with Crippen LogP contribution in [0.1, 0.15) is 54.5 Å². The van der Waals surface area contributed by atoms with Crippen LogP contribution in [0, 0.1) is 0 Å². The van der Waals surface area contributed by atoms with Crippen LogP contribution >= 0.6 is 0 Å². The highest BCUT2D eigenvalue weighted by molar-refractivity contribution is 5.98. The van der Waals surface area contributed by atoms with Crippen LogP contribution in [0.15, 0.2) is 18.3 Å². The van der Waals surface area contributed by atoms with Crippen LogP contribution in [-0.2, 0) is 4.74 Å². The number of hydrogen-bond donors (Lipinski definition) is 2. The average molecular weight is 305 g/mol. The molecule has 0 radical (unpaired) electrons. The standard InChI is InChI=1S/C16H23N3O3/c1-16(2,3)19-15(21)13-9-11(6-7-17-13)14(20)18-10-12-5-4-8-22-12/h6-7,9,12H,4-5,8,10H2,1-3H3,(H,18,20)(H,19,21). The third-order valence-electron chi connectivity index (χ3n) is 3.26. The molecule has 2 N–H and O–H groups in total. The van der Waals surface area contributed by atoms with E-state index in [4.69, 9.17) is 4.74 Å². The molecule has 0 spiro atoms. The maximum Gasteiger partial charge on any atom is 0.270 e. The van der Waals surface area contributed by atoms with E-state index in [-0.39, 0.29) is 29.2 Å². The Labute approximate surface area is 130 Å². The van der Waals surface area contributed by atoms with Crippen molar-refractivity contribution in [3.8, 4) is 0 Å². The molecule has 6 nitrogen and oxygen atoms in total. The van der Waals surface area contributed by atoms with Crippen LogP contribution in [-0.4, -0.2) is 41.6 Å². The van der Waals surface area contributed by atoms with Crippen LogP contribution in [0.25, 0.3) is 0 Å². The predicted molar refractivity (Wildman–Crippen MR) is 82.8 cm³/mol. The molecule has 2 rings (SSSR count). The minimum Gasteiger partial charge on any atom is -0.376 e. The number of carbonyl (C=O) groups is 2. The molecule has 0 bridgehead atoms. The van der Waals surface area contributed by atoms with Gasteiger partial charge in [0, 0.05) is 30.5 Å². The summed E-state index contributed by atoms with van der Waals surface area (Å²) in [7, 11) is 0. The molecule has 1 fully saturated rings. The van der Waals surface area contributed by atoms with Gasteiger partial charge in [-0.05, 0) is 45.7 Å². The summed E-state index contributed by atoms with van der Waals surface area (Å²) in [4.78, 5) is 28.2. The zero-order valence-electron chi connectivity index (χ0n) is 13.3. The van der Waals surface area contributed by atoms with Gasteiger partial charge in [0.15, 0.2) is 0 Å². The number of pyridine rings is 1. The smallest absolute Gasteiger partial charge is 0.270 e. The van der Waals surface area contributed by atoms with Gasteiger partial charge in [0.2, 0.25) is 0 Å². The van der Waals surface area contributed by atoms with E-state index in [1.165, 1.54) is 12.3 Å². The molecule has 120 valence electrons. The Bertz CT molecular complexity index is 546. The van der Waals surface area contributed by atoms with E-state index < -0.39 is 0 Å². The first-order chi connectivity index (χ1) is 10.3. The van der Waals surface area contributed by atoms with Gasteiger partial charge < -0.3 is 15.4 Å². The van der Waals surface area contributed by atoms with Gasteiger partial charge in [-0.2, -0.15) is 0 Å². The van der Waals surface area contributed by atoms with Crippen molar-refractivity contribution < 1.29 is 14.3 Å². The molecule has 0 aliphatic carbocycles. The molecule has 0 aromatic carbocycles. The lowest BCUT2D eigenvalue weighted by Crippen LogP contribution is -2.41. The molecule has 2 amide bonds. The van der Waals surface area contributed by atoms with Gasteiger partial charge in [-0.3, -0.25) is 14.6 Å². The van der Waals surface area contributed by atoms with Gasteiger partial charge in [0.25, 0.3) is 11.8 Å². The van der Waals surface area contributed by atoms with Gasteiger partial charge in [-0.15, -0.1) is 0 Å². The fourth-order valence-electron chi connectivity index (χ4n) is 2.21. The molecule has 1 aliphatic rings. The molecule has 1 aliphatic heterocycles. The topological polar surface area (TPSA) is 80.3 Å². The molecule has 0 saturated carbocycles. The first kappa shape index (κ1) is 16.4. The first-order valence-electron chi connectivity index (χ1n) is 7.53. The van der Waals surface area contributed by atoms with E-state index in [1.54, 1.807) is 6.07 Å². The number of nitrogens with zero attached hydrogens (tertiary/aromatic N) is 1. The Morgan fingerprint density at radius 2 is 2.14 bits per heavy atom. The summed E-state index contributed by atoms with van der Waals surface area (Å²) in [5, 5.41) is 5.66. The number of amides is 2. The Kier molecular flexibility index (Phi) is 5.13. The van der Waals surface area contributed by atoms with Crippen molar-refractivity contribution in [2.45, 2.75) is 45.3 Å². The highest BCUT2D eigenvalue weighted by Crippen LogP contribution is 2.11. The van der Waals surface area contributed by atoms with E-state index in [9.17, 15) is 9.59 Å². The number of aromatic nitrogens is 1. The van der Waals surface area contributed by atoms with E-state index in [0.717, 1.165) is 19.4 Å². The van der Waals surface area contributed by atoms with Gasteiger partial charge in [-0.25, -0.2) is 0 Å². The molecular weight excluding hydrogens is 282 g/mol. The Morgan fingerprint density at radius 1 is 1.36 bits per heavy atom. The summed E-state index contributed by atoms with van der Waals surface area (Å²) in [6, 6.07) is 3.10.